The molecule has 66 valence electrons. The summed E-state index contributed by atoms with van der Waals surface area (Å²) in [6.45, 7) is 1.49. The zero-order valence-corrected chi connectivity index (χ0v) is 6.43. The Labute approximate surface area is 68.4 Å². The maximum absolute atomic E-state index is 11.0. The van der Waals surface area contributed by atoms with E-state index < -0.39 is 0 Å². The van der Waals surface area contributed by atoms with E-state index in [1.807, 2.05) is 0 Å². The van der Waals surface area contributed by atoms with Crippen molar-refractivity contribution >= 4 is 0 Å². The lowest BCUT2D eigenvalue weighted by molar-refractivity contribution is -0.0659. The van der Waals surface area contributed by atoms with E-state index in [0.29, 0.717) is 19.8 Å². The first-order chi connectivity index (χ1) is 5.86. The molecule has 0 bridgehead atoms. The highest BCUT2D eigenvalue weighted by Crippen LogP contribution is 2.04. The first-order valence-corrected chi connectivity index (χ1v) is 3.74. The second kappa shape index (κ2) is 3.12. The Morgan fingerprint density at radius 1 is 1.50 bits per heavy atom. The third-order valence-electron chi connectivity index (χ3n) is 1.65. The summed E-state index contributed by atoms with van der Waals surface area (Å²) in [6.07, 6.45) is 1.01. The molecule has 0 aromatic carbocycles. The van der Waals surface area contributed by atoms with Gasteiger partial charge in [-0.3, -0.25) is 4.79 Å². The molecule has 0 atom stereocenters. The molecule has 1 fully saturated rings. The Bertz CT molecular complexity index is 296. The van der Waals surface area contributed by atoms with E-state index in [4.69, 9.17) is 14.0 Å². The summed E-state index contributed by atoms with van der Waals surface area (Å²) in [5.74, 6) is 0. The van der Waals surface area contributed by atoms with Crippen molar-refractivity contribution in [3.63, 3.8) is 0 Å². The van der Waals surface area contributed by atoms with E-state index in [9.17, 15) is 4.79 Å². The van der Waals surface area contributed by atoms with Crippen LogP contribution in [-0.4, -0.2) is 24.2 Å². The van der Waals surface area contributed by atoms with Crippen LogP contribution < -0.4 is 5.56 Å². The van der Waals surface area contributed by atoms with Gasteiger partial charge in [0, 0.05) is 6.07 Å². The molecule has 5 nitrogen and oxygen atoms in total. The standard InChI is InChI=1S/C7H9NO4/c9-6-1-2-12-8(6)5-7-10-3-4-11-7/h1-2,7H,3-5H2. The highest BCUT2D eigenvalue weighted by molar-refractivity contribution is 4.76. The van der Waals surface area contributed by atoms with Gasteiger partial charge in [-0.2, -0.15) is 4.74 Å². The lowest BCUT2D eigenvalue weighted by Crippen LogP contribution is -2.23. The maximum atomic E-state index is 11.0. The van der Waals surface area contributed by atoms with Crippen molar-refractivity contribution in [2.45, 2.75) is 12.8 Å². The van der Waals surface area contributed by atoms with Crippen molar-refractivity contribution in [1.29, 1.82) is 0 Å². The van der Waals surface area contributed by atoms with Crippen LogP contribution in [0.3, 0.4) is 0 Å². The third kappa shape index (κ3) is 1.41. The molecule has 2 heterocycles. The van der Waals surface area contributed by atoms with Crippen LogP contribution in [0.15, 0.2) is 21.6 Å². The predicted octanol–water partition coefficient (Wildman–Crippen LogP) is -0.186. The van der Waals surface area contributed by atoms with Gasteiger partial charge in [0.25, 0.3) is 5.56 Å². The summed E-state index contributed by atoms with van der Waals surface area (Å²) in [7, 11) is 0. The van der Waals surface area contributed by atoms with Crippen LogP contribution in [0.1, 0.15) is 0 Å². The van der Waals surface area contributed by atoms with E-state index in [0.717, 1.165) is 0 Å². The Morgan fingerprint density at radius 2 is 2.25 bits per heavy atom. The van der Waals surface area contributed by atoms with Gasteiger partial charge in [-0.05, 0) is 0 Å². The molecule has 1 aliphatic rings. The van der Waals surface area contributed by atoms with Crippen LogP contribution in [0, 0.1) is 0 Å². The normalized spacial score (nSPS) is 18.7. The molecule has 0 aliphatic carbocycles. The average Bonchev–Trinajstić information content (AvgIpc) is 2.65. The SMILES string of the molecule is O=c1ccon1CC1OCCO1. The van der Waals surface area contributed by atoms with Crippen molar-refractivity contribution in [3.05, 3.63) is 22.7 Å². The smallest absolute Gasteiger partial charge is 0.282 e. The Morgan fingerprint density at radius 3 is 2.83 bits per heavy atom. The van der Waals surface area contributed by atoms with Crippen molar-refractivity contribution in [1.82, 2.24) is 4.74 Å². The van der Waals surface area contributed by atoms with Crippen LogP contribution in [-0.2, 0) is 16.0 Å². The number of aromatic nitrogens is 1. The fraction of sp³-hybridized carbons (Fsp3) is 0.571. The van der Waals surface area contributed by atoms with E-state index in [2.05, 4.69) is 0 Å². The number of hydrogen-bond donors (Lipinski definition) is 0. The monoisotopic (exact) mass is 171 g/mol. The van der Waals surface area contributed by atoms with Gasteiger partial charge >= 0.3 is 0 Å². The van der Waals surface area contributed by atoms with Crippen LogP contribution in [0.5, 0.6) is 0 Å². The van der Waals surface area contributed by atoms with Crippen LogP contribution in [0.25, 0.3) is 0 Å². The maximum Gasteiger partial charge on any atom is 0.282 e. The van der Waals surface area contributed by atoms with Gasteiger partial charge in [0.15, 0.2) is 6.29 Å². The summed E-state index contributed by atoms with van der Waals surface area (Å²) in [5, 5.41) is 0. The zero-order valence-electron chi connectivity index (χ0n) is 6.43. The van der Waals surface area contributed by atoms with E-state index in [1.54, 1.807) is 0 Å². The van der Waals surface area contributed by atoms with Gasteiger partial charge in [-0.1, -0.05) is 0 Å². The van der Waals surface area contributed by atoms with Crippen molar-refractivity contribution in [3.8, 4) is 0 Å². The molecule has 1 aromatic rings. The van der Waals surface area contributed by atoms with Crippen molar-refractivity contribution in [2.75, 3.05) is 13.2 Å². The molecule has 0 saturated carbocycles. The molecule has 0 radical (unpaired) electrons. The van der Waals surface area contributed by atoms with Gasteiger partial charge in [0.05, 0.1) is 13.2 Å². The summed E-state index contributed by atoms with van der Waals surface area (Å²) in [4.78, 5) is 11.0. The van der Waals surface area contributed by atoms with Crippen LogP contribution in [0.4, 0.5) is 0 Å². The highest BCUT2D eigenvalue weighted by Gasteiger charge is 2.17. The van der Waals surface area contributed by atoms with E-state index in [-0.39, 0.29) is 11.8 Å². The minimum Gasteiger partial charge on any atom is -0.384 e. The van der Waals surface area contributed by atoms with Crippen molar-refractivity contribution in [2.24, 2.45) is 0 Å². The first kappa shape index (κ1) is 7.57. The highest BCUT2D eigenvalue weighted by atomic mass is 16.7. The Kier molecular flexibility index (Phi) is 1.97. The summed E-state index contributed by atoms with van der Waals surface area (Å²) in [6, 6.07) is 1.36. The summed E-state index contributed by atoms with van der Waals surface area (Å²) < 4.78 is 16.4. The molecular formula is C7H9NO4. The number of nitrogens with zero attached hydrogens (tertiary/aromatic N) is 1. The summed E-state index contributed by atoms with van der Waals surface area (Å²) in [5.41, 5.74) is -0.172. The summed E-state index contributed by atoms with van der Waals surface area (Å²) >= 11 is 0. The molecule has 1 aliphatic heterocycles. The van der Waals surface area contributed by atoms with E-state index >= 15 is 0 Å². The molecule has 5 heteroatoms. The first-order valence-electron chi connectivity index (χ1n) is 3.74. The largest absolute Gasteiger partial charge is 0.384 e. The fourth-order valence-electron chi connectivity index (χ4n) is 1.08. The van der Waals surface area contributed by atoms with Gasteiger partial charge in [0.1, 0.15) is 12.8 Å². The van der Waals surface area contributed by atoms with Gasteiger partial charge in [0.2, 0.25) is 0 Å². The molecule has 0 spiro atoms. The van der Waals surface area contributed by atoms with Crippen LogP contribution >= 0.6 is 0 Å². The molecule has 2 rings (SSSR count). The lowest BCUT2D eigenvalue weighted by Gasteiger charge is -2.06. The Hall–Kier alpha value is -1.07. The predicted molar refractivity (Wildman–Crippen MR) is 38.7 cm³/mol. The minimum absolute atomic E-state index is 0.172. The number of ether oxygens (including phenoxy) is 2. The molecule has 1 aromatic heterocycles. The second-order valence-electron chi connectivity index (χ2n) is 2.48. The number of rotatable bonds is 2. The second-order valence-corrected chi connectivity index (χ2v) is 2.48. The zero-order chi connectivity index (χ0) is 8.39. The van der Waals surface area contributed by atoms with Gasteiger partial charge < -0.3 is 14.0 Å². The molecule has 0 N–H and O–H groups in total. The lowest BCUT2D eigenvalue weighted by atomic mass is 10.6. The minimum atomic E-state index is -0.339. The molecule has 12 heavy (non-hydrogen) atoms. The van der Waals surface area contributed by atoms with Crippen LogP contribution in [0.2, 0.25) is 0 Å². The quantitative estimate of drug-likeness (QED) is 0.619. The molecule has 0 unspecified atom stereocenters. The molecule has 1 saturated heterocycles. The third-order valence-corrected chi connectivity index (χ3v) is 1.65. The average molecular weight is 171 g/mol. The van der Waals surface area contributed by atoms with E-state index in [1.165, 1.54) is 17.1 Å². The number of hydrogen-bond acceptors (Lipinski definition) is 4. The van der Waals surface area contributed by atoms with Gasteiger partial charge in [-0.25, -0.2) is 0 Å². The van der Waals surface area contributed by atoms with Crippen molar-refractivity contribution < 1.29 is 14.0 Å². The molecule has 0 amide bonds. The topological polar surface area (TPSA) is 53.6 Å². The Balaban J connectivity index is 2.03. The molecular weight excluding hydrogens is 162 g/mol. The van der Waals surface area contributed by atoms with Gasteiger partial charge in [-0.15, -0.1) is 0 Å². The fourth-order valence-corrected chi connectivity index (χ4v) is 1.08.